The normalized spacial score (nSPS) is 11.3. The number of hydrazone groups is 1. The molecule has 2 aromatic carbocycles. The Bertz CT molecular complexity index is 714. The van der Waals surface area contributed by atoms with Crippen molar-refractivity contribution in [3.8, 4) is 0 Å². The fourth-order valence-electron chi connectivity index (χ4n) is 1.68. The molecule has 2 rings (SSSR count). The zero-order valence-electron chi connectivity index (χ0n) is 11.0. The van der Waals surface area contributed by atoms with Crippen LogP contribution >= 0.6 is 34.8 Å². The van der Waals surface area contributed by atoms with E-state index in [4.69, 9.17) is 34.8 Å². The second-order valence-electron chi connectivity index (χ2n) is 4.24. The van der Waals surface area contributed by atoms with Crippen molar-refractivity contribution in [2.24, 2.45) is 5.10 Å². The monoisotopic (exact) mass is 340 g/mol. The Morgan fingerprint density at radius 3 is 2.38 bits per heavy atom. The molecular weight excluding hydrogens is 331 g/mol. The molecule has 3 nitrogen and oxygen atoms in total. The lowest BCUT2D eigenvalue weighted by molar-refractivity contribution is 0.0955. The molecule has 0 heterocycles. The van der Waals surface area contributed by atoms with Crippen LogP contribution in [0.25, 0.3) is 0 Å². The number of amides is 1. The first kappa shape index (κ1) is 15.8. The third-order valence-corrected chi connectivity index (χ3v) is 3.64. The summed E-state index contributed by atoms with van der Waals surface area (Å²) in [6.45, 7) is 1.74. The lowest BCUT2D eigenvalue weighted by Gasteiger charge is -2.06. The molecular formula is C15H11Cl3N2O. The van der Waals surface area contributed by atoms with Gasteiger partial charge in [-0.05, 0) is 31.2 Å². The van der Waals surface area contributed by atoms with E-state index in [1.807, 2.05) is 0 Å². The summed E-state index contributed by atoms with van der Waals surface area (Å²) in [5.74, 6) is -0.384. The Hall–Kier alpha value is -1.55. The second-order valence-corrected chi connectivity index (χ2v) is 5.49. The molecule has 6 heteroatoms. The molecule has 0 aliphatic carbocycles. The van der Waals surface area contributed by atoms with Crippen molar-refractivity contribution in [1.82, 2.24) is 5.43 Å². The Morgan fingerprint density at radius 1 is 1.00 bits per heavy atom. The topological polar surface area (TPSA) is 41.5 Å². The van der Waals surface area contributed by atoms with Crippen LogP contribution in [0.3, 0.4) is 0 Å². The highest BCUT2D eigenvalue weighted by Gasteiger charge is 2.09. The number of hydrogen-bond donors (Lipinski definition) is 1. The number of carbonyl (C=O) groups is 1. The van der Waals surface area contributed by atoms with Gasteiger partial charge in [-0.2, -0.15) is 5.10 Å². The third kappa shape index (κ3) is 3.97. The summed E-state index contributed by atoms with van der Waals surface area (Å²) < 4.78 is 0. The Morgan fingerprint density at radius 2 is 1.71 bits per heavy atom. The van der Waals surface area contributed by atoms with E-state index in [9.17, 15) is 4.79 Å². The first-order valence-electron chi connectivity index (χ1n) is 6.03. The molecule has 108 valence electrons. The zero-order valence-corrected chi connectivity index (χ0v) is 13.3. The van der Waals surface area contributed by atoms with Crippen LogP contribution in [0.4, 0.5) is 0 Å². The van der Waals surface area contributed by atoms with Crippen LogP contribution in [0.2, 0.25) is 15.1 Å². The third-order valence-electron chi connectivity index (χ3n) is 2.76. The van der Waals surface area contributed by atoms with Crippen LogP contribution < -0.4 is 5.43 Å². The van der Waals surface area contributed by atoms with Crippen molar-refractivity contribution in [2.75, 3.05) is 0 Å². The SMILES string of the molecule is C/C(=N\NC(=O)c1ccccc1Cl)c1ccc(Cl)cc1Cl. The van der Waals surface area contributed by atoms with E-state index in [1.165, 1.54) is 0 Å². The average Bonchev–Trinajstić information content (AvgIpc) is 2.45. The maximum absolute atomic E-state index is 12.0. The summed E-state index contributed by atoms with van der Waals surface area (Å²) in [6.07, 6.45) is 0. The quantitative estimate of drug-likeness (QED) is 0.632. The van der Waals surface area contributed by atoms with Crippen molar-refractivity contribution >= 4 is 46.4 Å². The molecule has 0 bridgehead atoms. The molecule has 0 aromatic heterocycles. The lowest BCUT2D eigenvalue weighted by atomic mass is 10.1. The van der Waals surface area contributed by atoms with Crippen LogP contribution in [0.1, 0.15) is 22.8 Å². The highest BCUT2D eigenvalue weighted by atomic mass is 35.5. The largest absolute Gasteiger partial charge is 0.272 e. The van der Waals surface area contributed by atoms with Gasteiger partial charge in [0.1, 0.15) is 0 Å². The van der Waals surface area contributed by atoms with Crippen molar-refractivity contribution < 1.29 is 4.79 Å². The van der Waals surface area contributed by atoms with Gasteiger partial charge in [-0.25, -0.2) is 5.43 Å². The molecule has 0 radical (unpaired) electrons. The second kappa shape index (κ2) is 6.94. The number of nitrogens with one attached hydrogen (secondary N) is 1. The molecule has 2 aromatic rings. The van der Waals surface area contributed by atoms with Crippen LogP contribution in [-0.2, 0) is 0 Å². The van der Waals surface area contributed by atoms with Gasteiger partial charge >= 0.3 is 0 Å². The van der Waals surface area contributed by atoms with Crippen molar-refractivity contribution in [3.63, 3.8) is 0 Å². The first-order valence-corrected chi connectivity index (χ1v) is 7.17. The number of rotatable bonds is 3. The summed E-state index contributed by atoms with van der Waals surface area (Å²) in [4.78, 5) is 12.0. The highest BCUT2D eigenvalue weighted by Crippen LogP contribution is 2.21. The van der Waals surface area contributed by atoms with Crippen molar-refractivity contribution in [3.05, 3.63) is 68.7 Å². The summed E-state index contributed by atoms with van der Waals surface area (Å²) in [6, 6.07) is 11.8. The number of hydrogen-bond acceptors (Lipinski definition) is 2. The molecule has 0 unspecified atom stereocenters. The van der Waals surface area contributed by atoms with Gasteiger partial charge in [0.15, 0.2) is 0 Å². The fraction of sp³-hybridized carbons (Fsp3) is 0.0667. The molecule has 1 N–H and O–H groups in total. The fourth-order valence-corrected chi connectivity index (χ4v) is 2.45. The predicted octanol–water partition coefficient (Wildman–Crippen LogP) is 4.80. The summed E-state index contributed by atoms with van der Waals surface area (Å²) >= 11 is 17.9. The average molecular weight is 342 g/mol. The molecule has 0 aliphatic rings. The molecule has 0 spiro atoms. The van der Waals surface area contributed by atoms with E-state index in [0.717, 1.165) is 0 Å². The standard InChI is InChI=1S/C15H11Cl3N2O/c1-9(11-7-6-10(16)8-14(11)18)19-20-15(21)12-4-2-3-5-13(12)17/h2-8H,1H3,(H,20,21)/b19-9+. The van der Waals surface area contributed by atoms with E-state index in [2.05, 4.69) is 10.5 Å². The van der Waals surface area contributed by atoms with E-state index in [1.54, 1.807) is 49.4 Å². The molecule has 1 amide bonds. The summed E-state index contributed by atoms with van der Waals surface area (Å²) in [5.41, 5.74) is 4.07. The maximum atomic E-state index is 12.0. The van der Waals surface area contributed by atoms with Gasteiger partial charge in [-0.3, -0.25) is 4.79 Å². The zero-order chi connectivity index (χ0) is 15.4. The lowest BCUT2D eigenvalue weighted by Crippen LogP contribution is -2.19. The highest BCUT2D eigenvalue weighted by molar-refractivity contribution is 6.37. The minimum Gasteiger partial charge on any atom is -0.267 e. The predicted molar refractivity (Wildman–Crippen MR) is 87.6 cm³/mol. The van der Waals surface area contributed by atoms with E-state index < -0.39 is 0 Å². The van der Waals surface area contributed by atoms with Gasteiger partial charge in [0.2, 0.25) is 0 Å². The van der Waals surface area contributed by atoms with Crippen LogP contribution in [0, 0.1) is 0 Å². The maximum Gasteiger partial charge on any atom is 0.272 e. The number of benzene rings is 2. The minimum absolute atomic E-state index is 0.359. The van der Waals surface area contributed by atoms with Gasteiger partial charge in [0.25, 0.3) is 5.91 Å². The molecule has 21 heavy (non-hydrogen) atoms. The summed E-state index contributed by atoms with van der Waals surface area (Å²) in [7, 11) is 0. The minimum atomic E-state index is -0.384. The first-order chi connectivity index (χ1) is 9.99. The van der Waals surface area contributed by atoms with Crippen LogP contribution in [0.5, 0.6) is 0 Å². The smallest absolute Gasteiger partial charge is 0.267 e. The Balaban J connectivity index is 2.17. The molecule has 0 atom stereocenters. The van der Waals surface area contributed by atoms with Crippen molar-refractivity contribution in [1.29, 1.82) is 0 Å². The number of halogens is 3. The van der Waals surface area contributed by atoms with Gasteiger partial charge in [-0.1, -0.05) is 53.0 Å². The van der Waals surface area contributed by atoms with Gasteiger partial charge in [-0.15, -0.1) is 0 Å². The summed E-state index contributed by atoms with van der Waals surface area (Å²) in [5, 5.41) is 5.41. The van der Waals surface area contributed by atoms with Gasteiger partial charge in [0, 0.05) is 10.6 Å². The number of nitrogens with zero attached hydrogens (tertiary/aromatic N) is 1. The molecule has 0 fully saturated rings. The molecule has 0 saturated heterocycles. The van der Waals surface area contributed by atoms with Gasteiger partial charge < -0.3 is 0 Å². The van der Waals surface area contributed by atoms with Gasteiger partial charge in [0.05, 0.1) is 21.3 Å². The van der Waals surface area contributed by atoms with E-state index in [-0.39, 0.29) is 5.91 Å². The Labute approximate surface area is 137 Å². The van der Waals surface area contributed by atoms with E-state index >= 15 is 0 Å². The van der Waals surface area contributed by atoms with Crippen molar-refractivity contribution in [2.45, 2.75) is 6.92 Å². The van der Waals surface area contributed by atoms with Crippen LogP contribution in [0.15, 0.2) is 47.6 Å². The Kier molecular flexibility index (Phi) is 5.23. The number of carbonyl (C=O) groups excluding carboxylic acids is 1. The van der Waals surface area contributed by atoms with Crippen LogP contribution in [-0.4, -0.2) is 11.6 Å². The molecule has 0 saturated carbocycles. The van der Waals surface area contributed by atoms with E-state index in [0.29, 0.717) is 31.9 Å². The molecule has 0 aliphatic heterocycles.